The number of thioether (sulfide) groups is 1. The molecule has 4 aromatic rings. The molecule has 0 spiro atoms. The van der Waals surface area contributed by atoms with Crippen molar-refractivity contribution >= 4 is 40.2 Å². The topological polar surface area (TPSA) is 70.7 Å². The molecule has 0 aliphatic heterocycles. The minimum Gasteiger partial charge on any atom is -0.361 e. The summed E-state index contributed by atoms with van der Waals surface area (Å²) in [6, 6.07) is 19.4. The number of rotatable bonds is 7. The fourth-order valence-electron chi connectivity index (χ4n) is 3.04. The summed E-state index contributed by atoms with van der Waals surface area (Å²) in [5.74, 6) is 0.293. The fraction of sp³-hybridized carbons (Fsp3) is 0.136. The molecule has 2 heterocycles. The molecule has 0 aliphatic rings. The second-order valence-corrected chi connectivity index (χ2v) is 7.94. The molecule has 4 rings (SSSR count). The maximum absolute atomic E-state index is 12.1. The van der Waals surface area contributed by atoms with E-state index in [-0.39, 0.29) is 5.91 Å². The van der Waals surface area contributed by atoms with Crippen LogP contribution >= 0.6 is 23.4 Å². The molecule has 1 amide bonds. The Morgan fingerprint density at radius 3 is 2.66 bits per heavy atom. The molecular formula is C22H19ClN4OS. The number of H-pyrrole nitrogens is 1. The Bertz CT molecular complexity index is 1110. The van der Waals surface area contributed by atoms with E-state index >= 15 is 0 Å². The largest absolute Gasteiger partial charge is 0.361 e. The van der Waals surface area contributed by atoms with Crippen LogP contribution in [-0.4, -0.2) is 33.4 Å². The predicted octanol–water partition coefficient (Wildman–Crippen LogP) is 4.73. The molecule has 0 bridgehead atoms. The van der Waals surface area contributed by atoms with E-state index in [1.54, 1.807) is 0 Å². The standard InChI is InChI=1S/C22H19ClN4OS/c23-17-7-5-15(6-8-17)19-9-10-22(27-26-19)29-14-21(28)24-12-11-16-13-25-20-4-2-1-3-18(16)20/h1-10,13,25H,11-12,14H2,(H,24,28). The molecule has 2 N–H and O–H groups in total. The number of hydrogen-bond donors (Lipinski definition) is 2. The number of aromatic nitrogens is 3. The zero-order valence-corrected chi connectivity index (χ0v) is 17.1. The van der Waals surface area contributed by atoms with E-state index in [0.29, 0.717) is 17.3 Å². The van der Waals surface area contributed by atoms with E-state index in [1.807, 2.05) is 60.8 Å². The third kappa shape index (κ3) is 4.96. The number of halogens is 1. The smallest absolute Gasteiger partial charge is 0.230 e. The van der Waals surface area contributed by atoms with Crippen molar-refractivity contribution in [2.24, 2.45) is 0 Å². The van der Waals surface area contributed by atoms with Gasteiger partial charge in [-0.2, -0.15) is 0 Å². The van der Waals surface area contributed by atoms with Crippen molar-refractivity contribution in [1.82, 2.24) is 20.5 Å². The Kier molecular flexibility index (Phi) is 6.12. The van der Waals surface area contributed by atoms with Gasteiger partial charge in [0.05, 0.1) is 11.4 Å². The highest BCUT2D eigenvalue weighted by molar-refractivity contribution is 7.99. The first kappa shape index (κ1) is 19.5. The number of nitrogens with one attached hydrogen (secondary N) is 2. The monoisotopic (exact) mass is 422 g/mol. The highest BCUT2D eigenvalue weighted by Crippen LogP contribution is 2.21. The summed E-state index contributed by atoms with van der Waals surface area (Å²) in [5.41, 5.74) is 4.05. The van der Waals surface area contributed by atoms with E-state index in [1.165, 1.54) is 22.7 Å². The first-order valence-electron chi connectivity index (χ1n) is 9.23. The van der Waals surface area contributed by atoms with Crippen molar-refractivity contribution in [3.8, 4) is 11.3 Å². The van der Waals surface area contributed by atoms with Crippen molar-refractivity contribution in [3.05, 3.63) is 77.4 Å². The first-order valence-corrected chi connectivity index (χ1v) is 10.6. The molecule has 0 saturated heterocycles. The quantitative estimate of drug-likeness (QED) is 0.422. The SMILES string of the molecule is O=C(CSc1ccc(-c2ccc(Cl)cc2)nn1)NCCc1c[nH]c2ccccc12. The molecule has 0 saturated carbocycles. The molecule has 2 aromatic heterocycles. The molecule has 2 aromatic carbocycles. The van der Waals surface area contributed by atoms with Gasteiger partial charge in [-0.25, -0.2) is 0 Å². The number of carbonyl (C=O) groups excluding carboxylic acids is 1. The Hall–Kier alpha value is -2.83. The third-order valence-electron chi connectivity index (χ3n) is 4.52. The maximum atomic E-state index is 12.1. The number of nitrogens with zero attached hydrogens (tertiary/aromatic N) is 2. The summed E-state index contributed by atoms with van der Waals surface area (Å²) >= 11 is 7.28. The number of hydrogen-bond acceptors (Lipinski definition) is 4. The van der Waals surface area contributed by atoms with E-state index in [9.17, 15) is 4.79 Å². The van der Waals surface area contributed by atoms with Gasteiger partial charge in [0, 0.05) is 34.2 Å². The van der Waals surface area contributed by atoms with E-state index in [2.05, 4.69) is 26.6 Å². The van der Waals surface area contributed by atoms with Crippen LogP contribution in [-0.2, 0) is 11.2 Å². The van der Waals surface area contributed by atoms with Crippen LogP contribution in [0.3, 0.4) is 0 Å². The van der Waals surface area contributed by atoms with Crippen molar-refractivity contribution < 1.29 is 4.79 Å². The van der Waals surface area contributed by atoms with Gasteiger partial charge in [-0.1, -0.05) is 53.7 Å². The highest BCUT2D eigenvalue weighted by Gasteiger charge is 2.07. The number of carbonyl (C=O) groups is 1. The van der Waals surface area contributed by atoms with Gasteiger partial charge < -0.3 is 10.3 Å². The highest BCUT2D eigenvalue weighted by atomic mass is 35.5. The Labute approximate surface area is 177 Å². The lowest BCUT2D eigenvalue weighted by atomic mass is 10.1. The summed E-state index contributed by atoms with van der Waals surface area (Å²) < 4.78 is 0. The van der Waals surface area contributed by atoms with E-state index in [0.717, 1.165) is 28.2 Å². The average Bonchev–Trinajstić information content (AvgIpc) is 3.16. The van der Waals surface area contributed by atoms with Crippen LogP contribution in [0.15, 0.2) is 71.9 Å². The number of aromatic amines is 1. The van der Waals surface area contributed by atoms with Crippen molar-refractivity contribution in [2.45, 2.75) is 11.4 Å². The molecular weight excluding hydrogens is 404 g/mol. The minimum absolute atomic E-state index is 0.0154. The molecule has 5 nitrogen and oxygen atoms in total. The van der Waals surface area contributed by atoms with Gasteiger partial charge in [0.2, 0.25) is 5.91 Å². The van der Waals surface area contributed by atoms with Gasteiger partial charge >= 0.3 is 0 Å². The summed E-state index contributed by atoms with van der Waals surface area (Å²) in [6.45, 7) is 0.600. The lowest BCUT2D eigenvalue weighted by Gasteiger charge is -2.05. The lowest BCUT2D eigenvalue weighted by Crippen LogP contribution is -2.27. The lowest BCUT2D eigenvalue weighted by molar-refractivity contribution is -0.118. The molecule has 0 radical (unpaired) electrons. The van der Waals surface area contributed by atoms with E-state index < -0.39 is 0 Å². The van der Waals surface area contributed by atoms with Crippen molar-refractivity contribution in [2.75, 3.05) is 12.3 Å². The Morgan fingerprint density at radius 1 is 1.03 bits per heavy atom. The van der Waals surface area contributed by atoms with Crippen LogP contribution in [0.2, 0.25) is 5.02 Å². The summed E-state index contributed by atoms with van der Waals surface area (Å²) in [4.78, 5) is 15.4. The zero-order valence-electron chi connectivity index (χ0n) is 15.6. The van der Waals surface area contributed by atoms with Gasteiger partial charge in [-0.15, -0.1) is 10.2 Å². The molecule has 0 atom stereocenters. The molecule has 146 valence electrons. The van der Waals surface area contributed by atoms with Crippen molar-refractivity contribution in [1.29, 1.82) is 0 Å². The van der Waals surface area contributed by atoms with Gasteiger partial charge in [0.1, 0.15) is 5.03 Å². The van der Waals surface area contributed by atoms with Gasteiger partial charge in [0.25, 0.3) is 0 Å². The fourth-order valence-corrected chi connectivity index (χ4v) is 3.81. The van der Waals surface area contributed by atoms with Crippen LogP contribution in [0, 0.1) is 0 Å². The molecule has 0 fully saturated rings. The van der Waals surface area contributed by atoms with Gasteiger partial charge in [0.15, 0.2) is 0 Å². The average molecular weight is 423 g/mol. The van der Waals surface area contributed by atoms with Crippen LogP contribution in [0.1, 0.15) is 5.56 Å². The molecule has 0 unspecified atom stereocenters. The predicted molar refractivity (Wildman–Crippen MR) is 118 cm³/mol. The summed E-state index contributed by atoms with van der Waals surface area (Å²) in [6.07, 6.45) is 2.79. The van der Waals surface area contributed by atoms with Crippen LogP contribution < -0.4 is 5.32 Å². The maximum Gasteiger partial charge on any atom is 0.230 e. The summed E-state index contributed by atoms with van der Waals surface area (Å²) in [5, 5.41) is 14.0. The van der Waals surface area contributed by atoms with Gasteiger partial charge in [-0.05, 0) is 42.3 Å². The van der Waals surface area contributed by atoms with Crippen LogP contribution in [0.5, 0.6) is 0 Å². The zero-order chi connectivity index (χ0) is 20.1. The minimum atomic E-state index is -0.0154. The normalized spacial score (nSPS) is 10.9. The van der Waals surface area contributed by atoms with Gasteiger partial charge in [-0.3, -0.25) is 4.79 Å². The van der Waals surface area contributed by atoms with Crippen molar-refractivity contribution in [3.63, 3.8) is 0 Å². The number of amides is 1. The molecule has 7 heteroatoms. The number of para-hydroxylation sites is 1. The molecule has 0 aliphatic carbocycles. The second kappa shape index (κ2) is 9.11. The van der Waals surface area contributed by atoms with E-state index in [4.69, 9.17) is 11.6 Å². The second-order valence-electron chi connectivity index (χ2n) is 6.51. The number of fused-ring (bicyclic) bond motifs is 1. The third-order valence-corrected chi connectivity index (χ3v) is 5.69. The van der Waals surface area contributed by atoms with Crippen LogP contribution in [0.25, 0.3) is 22.2 Å². The Morgan fingerprint density at radius 2 is 1.86 bits per heavy atom. The number of benzene rings is 2. The first-order chi connectivity index (χ1) is 14.2. The Balaban J connectivity index is 1.24. The summed E-state index contributed by atoms with van der Waals surface area (Å²) in [7, 11) is 0. The molecule has 29 heavy (non-hydrogen) atoms. The van der Waals surface area contributed by atoms with Crippen LogP contribution in [0.4, 0.5) is 0 Å².